The lowest BCUT2D eigenvalue weighted by Crippen LogP contribution is -2.56. The predicted octanol–water partition coefficient (Wildman–Crippen LogP) is 4.16. The molecule has 0 aliphatic carbocycles. The number of nitrogens with one attached hydrogen (secondary N) is 1. The molecule has 31 heavy (non-hydrogen) atoms. The number of halogens is 3. The largest absolute Gasteiger partial charge is 0.573 e. The summed E-state index contributed by atoms with van der Waals surface area (Å²) in [6.45, 7) is 8.35. The summed E-state index contributed by atoms with van der Waals surface area (Å²) >= 11 is 0. The molecule has 1 aromatic heterocycles. The van der Waals surface area contributed by atoms with Gasteiger partial charge in [0.2, 0.25) is 0 Å². The fourth-order valence-corrected chi connectivity index (χ4v) is 3.02. The summed E-state index contributed by atoms with van der Waals surface area (Å²) in [7, 11) is 1.75. The Kier molecular flexibility index (Phi) is 7.48. The smallest absolute Gasteiger partial charge is 0.406 e. The minimum absolute atomic E-state index is 0.320. The van der Waals surface area contributed by atoms with Crippen LogP contribution in [0.25, 0.3) is 11.3 Å². The van der Waals surface area contributed by atoms with Gasteiger partial charge in [0.1, 0.15) is 17.0 Å². The van der Waals surface area contributed by atoms with Crippen molar-refractivity contribution in [2.45, 2.75) is 39.5 Å². The van der Waals surface area contributed by atoms with Crippen LogP contribution >= 0.6 is 0 Å². The Hall–Kier alpha value is -3.30. The summed E-state index contributed by atoms with van der Waals surface area (Å²) in [4.78, 5) is 10.8. The Morgan fingerprint density at radius 2 is 1.77 bits per heavy atom. The van der Waals surface area contributed by atoms with Crippen LogP contribution in [0.3, 0.4) is 0 Å². The SMILES string of the molecule is CC.CC#CN(C)c1nc(C2(C#N)CNC2)nc(-c2ccc(OC(F)(F)F)cc2)c1C. The van der Waals surface area contributed by atoms with Crippen molar-refractivity contribution in [1.82, 2.24) is 15.3 Å². The Morgan fingerprint density at radius 3 is 2.23 bits per heavy atom. The van der Waals surface area contributed by atoms with Crippen LogP contribution in [0.1, 0.15) is 32.2 Å². The van der Waals surface area contributed by atoms with E-state index in [4.69, 9.17) is 0 Å². The Morgan fingerprint density at radius 1 is 1.16 bits per heavy atom. The van der Waals surface area contributed by atoms with Gasteiger partial charge < -0.3 is 10.1 Å². The fraction of sp³-hybridized carbons (Fsp3) is 0.409. The molecule has 3 rings (SSSR count). The highest BCUT2D eigenvalue weighted by atomic mass is 19.4. The molecule has 0 radical (unpaired) electrons. The molecule has 2 heterocycles. The van der Waals surface area contributed by atoms with Crippen LogP contribution in [0.5, 0.6) is 5.75 Å². The second-order valence-corrected chi connectivity index (χ2v) is 6.63. The number of anilines is 1. The fourth-order valence-electron chi connectivity index (χ4n) is 3.02. The highest BCUT2D eigenvalue weighted by molar-refractivity contribution is 5.70. The molecule has 0 unspecified atom stereocenters. The monoisotopic (exact) mass is 431 g/mol. The highest BCUT2D eigenvalue weighted by Crippen LogP contribution is 2.34. The molecule has 2 aromatic rings. The van der Waals surface area contributed by atoms with Gasteiger partial charge in [0.05, 0.1) is 11.8 Å². The lowest BCUT2D eigenvalue weighted by molar-refractivity contribution is -0.274. The van der Waals surface area contributed by atoms with Crippen LogP contribution in [0.15, 0.2) is 24.3 Å². The van der Waals surface area contributed by atoms with Crippen molar-refractivity contribution in [3.63, 3.8) is 0 Å². The zero-order valence-electron chi connectivity index (χ0n) is 18.1. The van der Waals surface area contributed by atoms with Crippen LogP contribution in [0.4, 0.5) is 19.0 Å². The number of hydrogen-bond acceptors (Lipinski definition) is 6. The van der Waals surface area contributed by atoms with Crippen LogP contribution in [0.2, 0.25) is 0 Å². The van der Waals surface area contributed by atoms with Crippen molar-refractivity contribution in [2.75, 3.05) is 25.0 Å². The summed E-state index contributed by atoms with van der Waals surface area (Å²) in [5.74, 6) is 3.37. The quantitative estimate of drug-likeness (QED) is 0.579. The van der Waals surface area contributed by atoms with Crippen molar-refractivity contribution in [2.24, 2.45) is 0 Å². The van der Waals surface area contributed by atoms with Crippen molar-refractivity contribution < 1.29 is 17.9 Å². The third-order valence-corrected chi connectivity index (χ3v) is 4.57. The zero-order valence-corrected chi connectivity index (χ0v) is 18.1. The zero-order chi connectivity index (χ0) is 23.2. The third-order valence-electron chi connectivity index (χ3n) is 4.57. The minimum atomic E-state index is -4.76. The maximum atomic E-state index is 12.4. The van der Waals surface area contributed by atoms with E-state index in [0.29, 0.717) is 41.6 Å². The van der Waals surface area contributed by atoms with Crippen molar-refractivity contribution >= 4 is 5.82 Å². The molecule has 1 fully saturated rings. The number of nitriles is 1. The van der Waals surface area contributed by atoms with Gasteiger partial charge in [-0.15, -0.1) is 13.2 Å². The third kappa shape index (κ3) is 5.25. The van der Waals surface area contributed by atoms with E-state index in [1.54, 1.807) is 25.8 Å². The molecule has 1 aromatic carbocycles. The van der Waals surface area contributed by atoms with E-state index in [9.17, 15) is 18.4 Å². The summed E-state index contributed by atoms with van der Waals surface area (Å²) in [5.41, 5.74) is 0.954. The molecule has 9 heteroatoms. The van der Waals surface area contributed by atoms with Crippen LogP contribution < -0.4 is 15.0 Å². The maximum Gasteiger partial charge on any atom is 0.573 e. The van der Waals surface area contributed by atoms with Crippen molar-refractivity contribution in [3.8, 4) is 35.0 Å². The van der Waals surface area contributed by atoms with Gasteiger partial charge in [0.15, 0.2) is 5.82 Å². The molecule has 1 N–H and O–H groups in total. The van der Waals surface area contributed by atoms with E-state index in [1.165, 1.54) is 24.3 Å². The van der Waals surface area contributed by atoms with E-state index in [2.05, 4.69) is 38.1 Å². The summed E-state index contributed by atoms with van der Waals surface area (Å²) in [6.07, 6.45) is -4.76. The number of aromatic nitrogens is 2. The predicted molar refractivity (Wildman–Crippen MR) is 112 cm³/mol. The molecule has 0 saturated carbocycles. The average Bonchev–Trinajstić information content (AvgIpc) is 2.69. The standard InChI is InChI=1S/C20H18F3N5O.C2H6/c1-4-9-28(3)17-13(2)16(26-18(27-17)19(10-24)11-25-12-19)14-5-7-15(8-6-14)29-20(21,22)23;1-2/h5-8,25H,11-12H2,1-3H3;1-2H3. The topological polar surface area (TPSA) is 74.1 Å². The summed E-state index contributed by atoms with van der Waals surface area (Å²) in [6, 6.07) is 10.6. The number of rotatable bonds is 4. The van der Waals surface area contributed by atoms with Gasteiger partial charge in [0, 0.05) is 37.3 Å². The highest BCUT2D eigenvalue weighted by Gasteiger charge is 2.43. The first-order chi connectivity index (χ1) is 14.7. The van der Waals surface area contributed by atoms with E-state index in [1.807, 2.05) is 13.8 Å². The van der Waals surface area contributed by atoms with Crippen molar-refractivity contribution in [1.29, 1.82) is 5.26 Å². The molecular weight excluding hydrogens is 407 g/mol. The first-order valence-corrected chi connectivity index (χ1v) is 9.72. The van der Waals surface area contributed by atoms with E-state index >= 15 is 0 Å². The van der Waals surface area contributed by atoms with E-state index in [0.717, 1.165) is 0 Å². The summed E-state index contributed by atoms with van der Waals surface area (Å²) in [5, 5.41) is 12.7. The lowest BCUT2D eigenvalue weighted by Gasteiger charge is -2.35. The molecular formula is C22H24F3N5O. The Labute approximate surface area is 180 Å². The number of ether oxygens (including phenoxy) is 1. The molecule has 0 bridgehead atoms. The van der Waals surface area contributed by atoms with Crippen LogP contribution in [0, 0.1) is 30.2 Å². The van der Waals surface area contributed by atoms with Crippen LogP contribution in [-0.4, -0.2) is 36.5 Å². The summed E-state index contributed by atoms with van der Waals surface area (Å²) < 4.78 is 41.2. The van der Waals surface area contributed by atoms with Gasteiger partial charge in [-0.2, -0.15) is 5.26 Å². The number of hydrogen-bond donors (Lipinski definition) is 1. The average molecular weight is 431 g/mol. The van der Waals surface area contributed by atoms with Crippen LogP contribution in [-0.2, 0) is 5.41 Å². The molecule has 0 amide bonds. The molecule has 1 saturated heterocycles. The number of nitrogens with zero attached hydrogens (tertiary/aromatic N) is 4. The maximum absolute atomic E-state index is 12.4. The first-order valence-electron chi connectivity index (χ1n) is 9.72. The molecule has 164 valence electrons. The molecule has 6 nitrogen and oxygen atoms in total. The van der Waals surface area contributed by atoms with Gasteiger partial charge in [-0.25, -0.2) is 9.97 Å². The lowest BCUT2D eigenvalue weighted by atomic mass is 9.82. The first kappa shape index (κ1) is 24.0. The number of benzene rings is 1. The van der Waals surface area contributed by atoms with Gasteiger partial charge in [0.25, 0.3) is 0 Å². The van der Waals surface area contributed by atoms with E-state index in [-0.39, 0.29) is 5.75 Å². The molecule has 0 atom stereocenters. The molecule has 1 aliphatic rings. The Bertz CT molecular complexity index is 1010. The number of alkyl halides is 3. The molecule has 1 aliphatic heterocycles. The van der Waals surface area contributed by atoms with Gasteiger partial charge in [-0.3, -0.25) is 4.90 Å². The van der Waals surface area contributed by atoms with Gasteiger partial charge in [-0.05, 0) is 38.1 Å². The second kappa shape index (κ2) is 9.67. The minimum Gasteiger partial charge on any atom is -0.406 e. The molecule has 0 spiro atoms. The second-order valence-electron chi connectivity index (χ2n) is 6.63. The normalized spacial score (nSPS) is 14.0. The Balaban J connectivity index is 0.00000166. The van der Waals surface area contributed by atoms with Gasteiger partial charge in [-0.1, -0.05) is 19.8 Å². The van der Waals surface area contributed by atoms with E-state index < -0.39 is 11.8 Å². The van der Waals surface area contributed by atoms with Crippen molar-refractivity contribution in [3.05, 3.63) is 35.7 Å². The van der Waals surface area contributed by atoms with Gasteiger partial charge >= 0.3 is 6.36 Å².